The highest BCUT2D eigenvalue weighted by molar-refractivity contribution is 14.0. The van der Waals surface area contributed by atoms with Crippen molar-refractivity contribution in [3.8, 4) is 0 Å². The second kappa shape index (κ2) is 9.18. The van der Waals surface area contributed by atoms with Gasteiger partial charge in [-0.2, -0.15) is 0 Å². The Hall–Kier alpha value is -0.380. The third-order valence-electron chi connectivity index (χ3n) is 7.08. The Morgan fingerprint density at radius 3 is 2.68 bits per heavy atom. The van der Waals surface area contributed by atoms with E-state index in [1.807, 2.05) is 18.4 Å². The van der Waals surface area contributed by atoms with Gasteiger partial charge in [0.2, 0.25) is 0 Å². The maximum atomic E-state index is 6.12. The van der Waals surface area contributed by atoms with Gasteiger partial charge in [-0.1, -0.05) is 6.07 Å². The smallest absolute Gasteiger partial charge is 0.193 e. The van der Waals surface area contributed by atoms with Gasteiger partial charge in [-0.3, -0.25) is 9.89 Å². The second-order valence-electron chi connectivity index (χ2n) is 8.77. The summed E-state index contributed by atoms with van der Waals surface area (Å²) in [6.45, 7) is 6.85. The molecule has 28 heavy (non-hydrogen) atoms. The van der Waals surface area contributed by atoms with Gasteiger partial charge < -0.3 is 15.0 Å². The Morgan fingerprint density at radius 1 is 1.21 bits per heavy atom. The highest BCUT2D eigenvalue weighted by atomic mass is 127. The van der Waals surface area contributed by atoms with E-state index in [0.29, 0.717) is 12.2 Å². The molecule has 0 radical (unpaired) electrons. The molecule has 1 aromatic rings. The van der Waals surface area contributed by atoms with Gasteiger partial charge in [-0.05, 0) is 49.6 Å². The second-order valence-corrected chi connectivity index (χ2v) is 9.81. The average molecular weight is 516 g/mol. The fraction of sp³-hybridized carbons (Fsp3) is 0.762. The quantitative estimate of drug-likeness (QED) is 0.379. The number of hydrogen-bond donors (Lipinski definition) is 1. The van der Waals surface area contributed by atoms with Crippen molar-refractivity contribution in [3.05, 3.63) is 22.4 Å². The van der Waals surface area contributed by atoms with E-state index in [9.17, 15) is 0 Å². The predicted molar refractivity (Wildman–Crippen MR) is 126 cm³/mol. The lowest BCUT2D eigenvalue weighted by Crippen LogP contribution is -2.45. The van der Waals surface area contributed by atoms with Crippen molar-refractivity contribution < 1.29 is 4.74 Å². The first kappa shape index (κ1) is 20.9. The zero-order valence-corrected chi connectivity index (χ0v) is 19.9. The molecule has 5 nitrogen and oxygen atoms in total. The molecule has 4 saturated heterocycles. The molecule has 2 bridgehead atoms. The molecule has 4 aliphatic rings. The molecule has 0 saturated carbocycles. The highest BCUT2D eigenvalue weighted by Gasteiger charge is 2.53. The molecule has 5 unspecified atom stereocenters. The Kier molecular flexibility index (Phi) is 6.85. The first-order valence-electron chi connectivity index (χ1n) is 10.7. The van der Waals surface area contributed by atoms with Crippen molar-refractivity contribution in [2.45, 2.75) is 44.4 Å². The maximum absolute atomic E-state index is 6.12. The summed E-state index contributed by atoms with van der Waals surface area (Å²) in [7, 11) is 1.94. The number of likely N-dealkylation sites (tertiary alicyclic amines) is 2. The minimum absolute atomic E-state index is 0. The number of thiophene rings is 1. The predicted octanol–water partition coefficient (Wildman–Crippen LogP) is 3.26. The number of aliphatic imine (C=N–C) groups is 1. The van der Waals surface area contributed by atoms with Crippen LogP contribution in [-0.4, -0.2) is 67.7 Å². The lowest BCUT2D eigenvalue weighted by molar-refractivity contribution is 0.0766. The van der Waals surface area contributed by atoms with E-state index in [4.69, 9.17) is 4.74 Å². The largest absolute Gasteiger partial charge is 0.374 e. The van der Waals surface area contributed by atoms with E-state index in [0.717, 1.165) is 49.9 Å². The van der Waals surface area contributed by atoms with Gasteiger partial charge in [0.1, 0.15) is 0 Å². The number of rotatable bonds is 4. The number of nitrogens with one attached hydrogen (secondary N) is 1. The Morgan fingerprint density at radius 2 is 2.00 bits per heavy atom. The number of fused-ring (bicyclic) bond motifs is 5. The summed E-state index contributed by atoms with van der Waals surface area (Å²) in [5, 5.41) is 5.90. The summed E-state index contributed by atoms with van der Waals surface area (Å²) < 4.78 is 6.12. The summed E-state index contributed by atoms with van der Waals surface area (Å²) >= 11 is 1.88. The van der Waals surface area contributed by atoms with Crippen LogP contribution >= 0.6 is 35.3 Å². The van der Waals surface area contributed by atoms with Gasteiger partial charge in [0, 0.05) is 56.5 Å². The first-order chi connectivity index (χ1) is 13.3. The van der Waals surface area contributed by atoms with Crippen molar-refractivity contribution in [2.75, 3.05) is 39.8 Å². The van der Waals surface area contributed by atoms with Crippen LogP contribution in [0.4, 0.5) is 0 Å². The fourth-order valence-corrected chi connectivity index (χ4v) is 6.53. The minimum Gasteiger partial charge on any atom is -0.374 e. The summed E-state index contributed by atoms with van der Waals surface area (Å²) in [5.74, 6) is 3.30. The fourth-order valence-electron chi connectivity index (χ4n) is 5.79. The third kappa shape index (κ3) is 4.23. The lowest BCUT2D eigenvalue weighted by Gasteiger charge is -2.33. The van der Waals surface area contributed by atoms with Crippen LogP contribution in [0.15, 0.2) is 22.5 Å². The van der Waals surface area contributed by atoms with Crippen LogP contribution in [0.2, 0.25) is 0 Å². The van der Waals surface area contributed by atoms with E-state index in [2.05, 4.69) is 37.6 Å². The molecular formula is C21H33IN4OS. The Labute approximate surface area is 189 Å². The number of guanidine groups is 1. The molecule has 7 heteroatoms. The van der Waals surface area contributed by atoms with Gasteiger partial charge in [-0.25, -0.2) is 0 Å². The molecule has 4 aliphatic heterocycles. The highest BCUT2D eigenvalue weighted by Crippen LogP contribution is 2.47. The monoisotopic (exact) mass is 516 g/mol. The zero-order chi connectivity index (χ0) is 18.2. The van der Waals surface area contributed by atoms with Gasteiger partial charge >= 0.3 is 0 Å². The lowest BCUT2D eigenvalue weighted by atomic mass is 9.82. The maximum Gasteiger partial charge on any atom is 0.193 e. The van der Waals surface area contributed by atoms with Crippen LogP contribution in [0.25, 0.3) is 0 Å². The number of ether oxygens (including phenoxy) is 1. The molecule has 5 atom stereocenters. The Balaban J connectivity index is 0.00000192. The van der Waals surface area contributed by atoms with Crippen molar-refractivity contribution in [3.63, 3.8) is 0 Å². The molecule has 156 valence electrons. The molecule has 0 aliphatic carbocycles. The van der Waals surface area contributed by atoms with E-state index >= 15 is 0 Å². The van der Waals surface area contributed by atoms with E-state index < -0.39 is 0 Å². The number of piperidine rings is 1. The minimum atomic E-state index is 0. The molecule has 5 heterocycles. The first-order valence-corrected chi connectivity index (χ1v) is 11.5. The van der Waals surface area contributed by atoms with E-state index in [-0.39, 0.29) is 24.0 Å². The summed E-state index contributed by atoms with van der Waals surface area (Å²) in [6.07, 6.45) is 6.22. The molecule has 1 N–H and O–H groups in total. The van der Waals surface area contributed by atoms with Crippen LogP contribution in [0.3, 0.4) is 0 Å². The van der Waals surface area contributed by atoms with Crippen molar-refractivity contribution in [2.24, 2.45) is 22.7 Å². The van der Waals surface area contributed by atoms with Crippen LogP contribution < -0.4 is 5.32 Å². The molecule has 0 spiro atoms. The van der Waals surface area contributed by atoms with E-state index in [1.54, 1.807) is 0 Å². The number of hydrogen-bond acceptors (Lipinski definition) is 4. The van der Waals surface area contributed by atoms with Gasteiger partial charge in [0.15, 0.2) is 5.96 Å². The molecule has 4 fully saturated rings. The average Bonchev–Trinajstić information content (AvgIpc) is 3.45. The zero-order valence-electron chi connectivity index (χ0n) is 16.8. The standard InChI is InChI=1S/C21H32N4OS.HI/c1-22-21(25-13-17-18(14-25)20-7-6-19(17)26-20)23-10-15-4-2-8-24(11-15)12-16-5-3-9-27-16;/h3,5,9,15,17-20H,2,4,6-8,10-14H2,1H3,(H,22,23);1H. The van der Waals surface area contributed by atoms with Crippen molar-refractivity contribution in [1.82, 2.24) is 15.1 Å². The van der Waals surface area contributed by atoms with Crippen LogP contribution in [0.1, 0.15) is 30.6 Å². The number of halogens is 1. The summed E-state index contributed by atoms with van der Waals surface area (Å²) in [4.78, 5) is 11.2. The van der Waals surface area contributed by atoms with Crippen molar-refractivity contribution >= 4 is 41.3 Å². The Bertz CT molecular complexity index is 651. The van der Waals surface area contributed by atoms with E-state index in [1.165, 1.54) is 43.6 Å². The summed E-state index contributed by atoms with van der Waals surface area (Å²) in [5.41, 5.74) is 0. The molecule has 0 amide bonds. The van der Waals surface area contributed by atoms with Gasteiger partial charge in [0.25, 0.3) is 0 Å². The van der Waals surface area contributed by atoms with Crippen LogP contribution in [-0.2, 0) is 11.3 Å². The SMILES string of the molecule is CN=C(NCC1CCCN(Cc2cccs2)C1)N1CC2C3CCC(O3)C2C1.I. The van der Waals surface area contributed by atoms with Gasteiger partial charge in [0.05, 0.1) is 12.2 Å². The normalized spacial score (nSPS) is 35.1. The van der Waals surface area contributed by atoms with Crippen molar-refractivity contribution in [1.29, 1.82) is 0 Å². The third-order valence-corrected chi connectivity index (χ3v) is 7.94. The molecule has 5 rings (SSSR count). The topological polar surface area (TPSA) is 40.1 Å². The molecule has 1 aromatic heterocycles. The van der Waals surface area contributed by atoms with Gasteiger partial charge in [-0.15, -0.1) is 35.3 Å². The molecular weight excluding hydrogens is 483 g/mol. The molecule has 0 aromatic carbocycles. The summed E-state index contributed by atoms with van der Waals surface area (Å²) in [6, 6.07) is 4.42. The van der Waals surface area contributed by atoms with Crippen LogP contribution in [0.5, 0.6) is 0 Å². The van der Waals surface area contributed by atoms with Crippen LogP contribution in [0, 0.1) is 17.8 Å². The number of nitrogens with zero attached hydrogens (tertiary/aromatic N) is 3.